The fourth-order valence-corrected chi connectivity index (χ4v) is 5.64. The molecule has 2 rings (SSSR count). The van der Waals surface area contributed by atoms with Gasteiger partial charge in [0, 0.05) is 0 Å². The lowest BCUT2D eigenvalue weighted by atomic mass is 10.0. The van der Waals surface area contributed by atoms with Crippen LogP contribution in [0.5, 0.6) is 0 Å². The molecule has 1 aliphatic rings. The van der Waals surface area contributed by atoms with Crippen LogP contribution in [0, 0.1) is 16.4 Å². The lowest BCUT2D eigenvalue weighted by Gasteiger charge is -2.23. The number of phosphoric acid groups is 3. The van der Waals surface area contributed by atoms with Gasteiger partial charge < -0.3 is 29.4 Å². The van der Waals surface area contributed by atoms with Crippen molar-refractivity contribution in [1.29, 1.82) is 0 Å². The molecule has 184 valence electrons. The molecule has 6 N–H and O–H groups in total. The van der Waals surface area contributed by atoms with Gasteiger partial charge in [0.25, 0.3) is 0 Å². The third-order valence-electron chi connectivity index (χ3n) is 3.46. The van der Waals surface area contributed by atoms with Crippen LogP contribution in [-0.2, 0) is 31.6 Å². The van der Waals surface area contributed by atoms with Crippen LogP contribution in [0.3, 0.4) is 0 Å². The summed E-state index contributed by atoms with van der Waals surface area (Å²) >= 11 is 4.40. The SMILES string of the molecule is O=c1[nH]c(=S)c(F)cn1[C@@H]1O[C@H](OP(=O)(O)OP(=O)(O)OP(=O)(O)O)[C@H](O)C1C(F)(F)F. The third-order valence-corrected chi connectivity index (χ3v) is 7.56. The first-order chi connectivity index (χ1) is 14.2. The predicted molar refractivity (Wildman–Crippen MR) is 90.3 cm³/mol. The minimum Gasteiger partial charge on any atom is -0.387 e. The van der Waals surface area contributed by atoms with E-state index < -0.39 is 70.3 Å². The number of aliphatic hydroxyl groups is 1. The largest absolute Gasteiger partial charge is 0.490 e. The number of rotatable bonds is 7. The molecule has 1 aliphatic heterocycles. The van der Waals surface area contributed by atoms with E-state index >= 15 is 0 Å². The number of phosphoric ester groups is 1. The van der Waals surface area contributed by atoms with Gasteiger partial charge in [-0.2, -0.15) is 21.8 Å². The van der Waals surface area contributed by atoms with Crippen LogP contribution in [0.25, 0.3) is 0 Å². The van der Waals surface area contributed by atoms with Gasteiger partial charge >= 0.3 is 35.3 Å². The van der Waals surface area contributed by atoms with Crippen LogP contribution in [0.2, 0.25) is 0 Å². The summed E-state index contributed by atoms with van der Waals surface area (Å²) < 4.78 is 102. The number of nitrogens with one attached hydrogen (secondary N) is 1. The Labute approximate surface area is 177 Å². The standard InChI is InChI=1S/C9H11F4N2O13P3S/c10-2-1-15(8(17)14-5(2)32)6-3(9(11,12)13)4(16)7(25-6)26-30(21,22)28-31(23,24)27-29(18,19)20/h1,3-4,6-7,16H,(H,21,22)(H,23,24)(H,14,17,32)(H2,18,19,20)/t3?,4-,6-,7-/m1/s1. The monoisotopic (exact) mass is 556 g/mol. The number of alkyl halides is 3. The molecule has 0 aromatic carbocycles. The fourth-order valence-electron chi connectivity index (χ4n) is 2.40. The summed E-state index contributed by atoms with van der Waals surface area (Å²) in [6.45, 7) is 0. The van der Waals surface area contributed by atoms with Crippen molar-refractivity contribution in [2.24, 2.45) is 5.92 Å². The molecule has 1 saturated heterocycles. The molecule has 0 radical (unpaired) electrons. The molecule has 1 fully saturated rings. The highest BCUT2D eigenvalue weighted by molar-refractivity contribution is 7.71. The van der Waals surface area contributed by atoms with Crippen molar-refractivity contribution >= 4 is 35.7 Å². The maximum Gasteiger partial charge on any atom is 0.490 e. The number of ether oxygens (including phenoxy) is 1. The zero-order valence-electron chi connectivity index (χ0n) is 14.6. The normalized spacial score (nSPS) is 28.3. The Morgan fingerprint density at radius 2 is 1.69 bits per heavy atom. The number of aromatic nitrogens is 2. The average molecular weight is 556 g/mol. The van der Waals surface area contributed by atoms with E-state index in [0.29, 0.717) is 0 Å². The van der Waals surface area contributed by atoms with E-state index in [4.69, 9.17) is 14.7 Å². The Morgan fingerprint density at radius 1 is 1.12 bits per heavy atom. The van der Waals surface area contributed by atoms with E-state index in [-0.39, 0.29) is 10.8 Å². The van der Waals surface area contributed by atoms with E-state index in [0.717, 1.165) is 0 Å². The van der Waals surface area contributed by atoms with Gasteiger partial charge in [-0.3, -0.25) is 14.1 Å². The van der Waals surface area contributed by atoms with E-state index in [2.05, 4.69) is 30.1 Å². The highest BCUT2D eigenvalue weighted by Gasteiger charge is 2.60. The van der Waals surface area contributed by atoms with Crippen LogP contribution in [0.4, 0.5) is 17.6 Å². The van der Waals surface area contributed by atoms with E-state index in [1.54, 1.807) is 4.98 Å². The van der Waals surface area contributed by atoms with Crippen molar-refractivity contribution < 1.29 is 73.8 Å². The molecule has 32 heavy (non-hydrogen) atoms. The van der Waals surface area contributed by atoms with Gasteiger partial charge in [-0.05, 0) is 0 Å². The van der Waals surface area contributed by atoms with E-state index in [1.165, 1.54) is 0 Å². The number of aliphatic hydroxyl groups excluding tert-OH is 1. The molecule has 3 unspecified atom stereocenters. The summed E-state index contributed by atoms with van der Waals surface area (Å²) in [4.78, 5) is 48.9. The summed E-state index contributed by atoms with van der Waals surface area (Å²) in [5.41, 5.74) is -1.44. The van der Waals surface area contributed by atoms with Crippen LogP contribution in [0.1, 0.15) is 6.23 Å². The summed E-state index contributed by atoms with van der Waals surface area (Å²) in [6, 6.07) is 0. The molecule has 1 aromatic rings. The molecule has 0 amide bonds. The van der Waals surface area contributed by atoms with Crippen molar-refractivity contribution in [3.63, 3.8) is 0 Å². The second-order valence-electron chi connectivity index (χ2n) is 5.79. The average Bonchev–Trinajstić information content (AvgIpc) is 2.83. The topological polar surface area (TPSA) is 227 Å². The molecule has 2 heterocycles. The summed E-state index contributed by atoms with van der Waals surface area (Å²) in [7, 11) is -17.8. The first-order valence-corrected chi connectivity index (χ1v) is 12.4. The first kappa shape index (κ1) is 27.4. The van der Waals surface area contributed by atoms with Crippen molar-refractivity contribution in [2.45, 2.75) is 24.8 Å². The third kappa shape index (κ3) is 6.83. The maximum absolute atomic E-state index is 13.7. The van der Waals surface area contributed by atoms with Crippen LogP contribution in [0.15, 0.2) is 11.0 Å². The lowest BCUT2D eigenvalue weighted by molar-refractivity contribution is -0.211. The second-order valence-corrected chi connectivity index (χ2v) is 10.6. The quantitative estimate of drug-likeness (QED) is 0.155. The molecule has 1 aromatic heterocycles. The van der Waals surface area contributed by atoms with Crippen LogP contribution in [-0.4, -0.2) is 52.8 Å². The Balaban J connectivity index is 2.37. The Bertz CT molecular complexity index is 1130. The molecule has 23 heteroatoms. The molecule has 0 aliphatic carbocycles. The number of hydrogen-bond donors (Lipinski definition) is 6. The summed E-state index contributed by atoms with van der Waals surface area (Å²) in [6.07, 6.45) is -13.5. The van der Waals surface area contributed by atoms with Gasteiger partial charge in [0.1, 0.15) is 16.7 Å². The zero-order chi connectivity index (χ0) is 24.9. The number of halogens is 4. The molecular formula is C9H11F4N2O13P3S. The van der Waals surface area contributed by atoms with Gasteiger partial charge in [0.15, 0.2) is 18.3 Å². The van der Waals surface area contributed by atoms with Crippen molar-refractivity contribution in [3.8, 4) is 0 Å². The number of H-pyrrole nitrogens is 1. The van der Waals surface area contributed by atoms with Gasteiger partial charge in [-0.15, -0.1) is 0 Å². The van der Waals surface area contributed by atoms with Crippen molar-refractivity contribution in [2.75, 3.05) is 0 Å². The Hall–Kier alpha value is -0.850. The predicted octanol–water partition coefficient (Wildman–Crippen LogP) is 0.783. The van der Waals surface area contributed by atoms with Gasteiger partial charge in [-0.1, -0.05) is 12.2 Å². The highest BCUT2D eigenvalue weighted by Crippen LogP contribution is 2.67. The molecule has 0 bridgehead atoms. The van der Waals surface area contributed by atoms with Gasteiger partial charge in [0.2, 0.25) is 0 Å². The second kappa shape index (κ2) is 9.07. The molecule has 6 atom stereocenters. The van der Waals surface area contributed by atoms with Gasteiger partial charge in [0.05, 0.1) is 6.20 Å². The molecule has 15 nitrogen and oxygen atoms in total. The molecule has 0 spiro atoms. The maximum atomic E-state index is 13.7. The summed E-state index contributed by atoms with van der Waals surface area (Å²) in [5.74, 6) is -4.46. The highest BCUT2D eigenvalue weighted by atomic mass is 32.1. The van der Waals surface area contributed by atoms with Crippen molar-refractivity contribution in [3.05, 3.63) is 27.1 Å². The number of hydrogen-bond acceptors (Lipinski definition) is 10. The first-order valence-electron chi connectivity index (χ1n) is 7.46. The Kier molecular flexibility index (Phi) is 7.76. The minimum atomic E-state index is -6.04. The summed E-state index contributed by atoms with van der Waals surface area (Å²) in [5, 5.41) is 9.89. The van der Waals surface area contributed by atoms with E-state index in [1.807, 2.05) is 0 Å². The zero-order valence-corrected chi connectivity index (χ0v) is 18.1. The van der Waals surface area contributed by atoms with Gasteiger partial charge in [-0.25, -0.2) is 22.9 Å². The van der Waals surface area contributed by atoms with Crippen molar-refractivity contribution in [1.82, 2.24) is 9.55 Å². The number of nitrogens with zero attached hydrogens (tertiary/aromatic N) is 1. The molecular weight excluding hydrogens is 545 g/mol. The van der Waals surface area contributed by atoms with Crippen LogP contribution < -0.4 is 5.69 Å². The smallest absolute Gasteiger partial charge is 0.387 e. The fraction of sp³-hybridized carbons (Fsp3) is 0.556. The number of aromatic amines is 1. The minimum absolute atomic E-state index is 0.0349. The van der Waals surface area contributed by atoms with Crippen LogP contribution >= 0.6 is 35.7 Å². The Morgan fingerprint density at radius 3 is 2.19 bits per heavy atom. The lowest BCUT2D eigenvalue weighted by Crippen LogP contribution is -2.40. The van der Waals surface area contributed by atoms with E-state index in [9.17, 15) is 46.1 Å². The molecule has 0 saturated carbocycles.